The fourth-order valence-corrected chi connectivity index (χ4v) is 3.51. The van der Waals surface area contributed by atoms with Crippen molar-refractivity contribution in [2.24, 2.45) is 5.92 Å². The number of piperidine rings is 1. The molecule has 0 bridgehead atoms. The molecular weight excluding hydrogens is 328 g/mol. The van der Waals surface area contributed by atoms with Gasteiger partial charge in [-0.2, -0.15) is 0 Å². The van der Waals surface area contributed by atoms with Crippen molar-refractivity contribution in [1.29, 1.82) is 0 Å². The molecule has 0 radical (unpaired) electrons. The van der Waals surface area contributed by atoms with Crippen LogP contribution in [0.2, 0.25) is 0 Å². The van der Waals surface area contributed by atoms with Crippen LogP contribution in [0.15, 0.2) is 21.9 Å². The summed E-state index contributed by atoms with van der Waals surface area (Å²) in [7, 11) is 0. The van der Waals surface area contributed by atoms with Crippen LogP contribution in [0.5, 0.6) is 0 Å². The van der Waals surface area contributed by atoms with Crippen molar-refractivity contribution in [1.82, 2.24) is 9.88 Å². The number of ether oxygens (including phenoxy) is 1. The van der Waals surface area contributed by atoms with Crippen molar-refractivity contribution in [2.45, 2.75) is 26.7 Å². The van der Waals surface area contributed by atoms with Gasteiger partial charge in [-0.05, 0) is 38.1 Å². The number of hydrogen-bond donors (Lipinski definition) is 0. The van der Waals surface area contributed by atoms with Crippen molar-refractivity contribution >= 4 is 23.2 Å². The average Bonchev–Trinajstić information content (AvgIpc) is 3.24. The highest BCUT2D eigenvalue weighted by atomic mass is 32.1. The Bertz CT molecular complexity index is 723. The molecule has 2 aromatic heterocycles. The Labute approximate surface area is 144 Å². The Balaban J connectivity index is 1.75. The van der Waals surface area contributed by atoms with Crippen LogP contribution in [0.4, 0.5) is 0 Å². The third-order valence-corrected chi connectivity index (χ3v) is 4.92. The minimum atomic E-state index is -0.258. The second-order valence-corrected chi connectivity index (χ2v) is 6.69. The van der Waals surface area contributed by atoms with Crippen molar-refractivity contribution in [2.75, 3.05) is 19.7 Å². The van der Waals surface area contributed by atoms with Crippen LogP contribution in [-0.2, 0) is 9.53 Å². The third-order valence-electron chi connectivity index (χ3n) is 4.06. The Morgan fingerprint density at radius 3 is 3.04 bits per heavy atom. The van der Waals surface area contributed by atoms with E-state index >= 15 is 0 Å². The van der Waals surface area contributed by atoms with Crippen LogP contribution in [-0.4, -0.2) is 41.5 Å². The van der Waals surface area contributed by atoms with E-state index in [-0.39, 0.29) is 17.8 Å². The largest absolute Gasteiger partial charge is 0.466 e. The Kier molecular flexibility index (Phi) is 4.99. The average molecular weight is 348 g/mol. The topological polar surface area (TPSA) is 72.6 Å². The highest BCUT2D eigenvalue weighted by molar-refractivity contribution is 7.13. The van der Waals surface area contributed by atoms with Gasteiger partial charge in [-0.25, -0.2) is 4.98 Å². The minimum absolute atomic E-state index is 0.187. The first kappa shape index (κ1) is 16.7. The van der Waals surface area contributed by atoms with E-state index in [1.807, 2.05) is 17.5 Å². The van der Waals surface area contributed by atoms with E-state index in [2.05, 4.69) is 4.98 Å². The van der Waals surface area contributed by atoms with Crippen LogP contribution in [0.1, 0.15) is 36.0 Å². The van der Waals surface area contributed by atoms with Gasteiger partial charge in [0.25, 0.3) is 5.91 Å². The quantitative estimate of drug-likeness (QED) is 0.794. The molecule has 6 nitrogen and oxygen atoms in total. The van der Waals surface area contributed by atoms with Gasteiger partial charge in [0.15, 0.2) is 5.69 Å². The Morgan fingerprint density at radius 1 is 1.50 bits per heavy atom. The third kappa shape index (κ3) is 3.36. The maximum absolute atomic E-state index is 12.8. The van der Waals surface area contributed by atoms with Crippen LogP contribution in [0.25, 0.3) is 10.8 Å². The molecule has 7 heteroatoms. The SMILES string of the molecule is CCOC(=O)C1CCCN(C(=O)c2nc(-c3cccs3)oc2C)C1. The lowest BCUT2D eigenvalue weighted by Gasteiger charge is -2.31. The molecule has 1 amide bonds. The maximum Gasteiger partial charge on any atom is 0.310 e. The number of carbonyl (C=O) groups is 2. The van der Waals surface area contributed by atoms with Crippen LogP contribution in [0, 0.1) is 12.8 Å². The molecule has 1 fully saturated rings. The summed E-state index contributed by atoms with van der Waals surface area (Å²) in [6.07, 6.45) is 1.53. The zero-order valence-corrected chi connectivity index (χ0v) is 14.6. The number of nitrogens with zero attached hydrogens (tertiary/aromatic N) is 2. The zero-order chi connectivity index (χ0) is 17.1. The molecule has 0 spiro atoms. The number of carbonyl (C=O) groups excluding carboxylic acids is 2. The summed E-state index contributed by atoms with van der Waals surface area (Å²) in [6.45, 7) is 4.88. The number of esters is 1. The normalized spacial score (nSPS) is 17.8. The van der Waals surface area contributed by atoms with E-state index in [1.165, 1.54) is 11.3 Å². The lowest BCUT2D eigenvalue weighted by Crippen LogP contribution is -2.43. The van der Waals surface area contributed by atoms with Crippen LogP contribution < -0.4 is 0 Å². The number of likely N-dealkylation sites (tertiary alicyclic amines) is 1. The summed E-state index contributed by atoms with van der Waals surface area (Å²) in [6, 6.07) is 3.82. The Hall–Kier alpha value is -2.15. The van der Waals surface area contributed by atoms with Gasteiger partial charge in [-0.15, -0.1) is 11.3 Å². The van der Waals surface area contributed by atoms with Gasteiger partial charge in [-0.1, -0.05) is 6.07 Å². The second kappa shape index (κ2) is 7.17. The first-order chi connectivity index (χ1) is 11.6. The van der Waals surface area contributed by atoms with Crippen LogP contribution >= 0.6 is 11.3 Å². The minimum Gasteiger partial charge on any atom is -0.466 e. The summed E-state index contributed by atoms with van der Waals surface area (Å²) in [5.74, 6) is 0.289. The molecular formula is C17H20N2O4S. The molecule has 0 saturated carbocycles. The van der Waals surface area contributed by atoms with Gasteiger partial charge in [0.1, 0.15) is 5.76 Å². The first-order valence-electron chi connectivity index (χ1n) is 8.07. The van der Waals surface area contributed by atoms with Crippen molar-refractivity contribution in [3.05, 3.63) is 29.0 Å². The molecule has 1 aliphatic rings. The standard InChI is InChI=1S/C17H20N2O4S/c1-3-22-17(21)12-6-4-8-19(10-12)16(20)14-11(2)23-15(18-14)13-7-5-9-24-13/h5,7,9,12H,3-4,6,8,10H2,1-2H3. The smallest absolute Gasteiger partial charge is 0.310 e. The van der Waals surface area contributed by atoms with Gasteiger partial charge in [0, 0.05) is 13.1 Å². The zero-order valence-electron chi connectivity index (χ0n) is 13.8. The van der Waals surface area contributed by atoms with Gasteiger partial charge in [0.05, 0.1) is 17.4 Å². The van der Waals surface area contributed by atoms with Crippen molar-refractivity contribution in [3.8, 4) is 10.8 Å². The van der Waals surface area contributed by atoms with Gasteiger partial charge in [-0.3, -0.25) is 9.59 Å². The van der Waals surface area contributed by atoms with Gasteiger partial charge in [0.2, 0.25) is 5.89 Å². The number of hydrogen-bond acceptors (Lipinski definition) is 6. The number of rotatable bonds is 4. The summed E-state index contributed by atoms with van der Waals surface area (Å²) in [5, 5.41) is 1.94. The molecule has 0 N–H and O–H groups in total. The summed E-state index contributed by atoms with van der Waals surface area (Å²) in [4.78, 5) is 31.7. The van der Waals surface area contributed by atoms with Crippen molar-refractivity contribution < 1.29 is 18.7 Å². The van der Waals surface area contributed by atoms with Crippen molar-refractivity contribution in [3.63, 3.8) is 0 Å². The molecule has 128 valence electrons. The molecule has 3 heterocycles. The fourth-order valence-electron chi connectivity index (χ4n) is 2.86. The number of aryl methyl sites for hydroxylation is 1. The van der Waals surface area contributed by atoms with E-state index in [1.54, 1.807) is 18.7 Å². The molecule has 0 aromatic carbocycles. The number of oxazole rings is 1. The van der Waals surface area contributed by atoms with E-state index < -0.39 is 0 Å². The molecule has 1 saturated heterocycles. The van der Waals surface area contributed by atoms with E-state index in [0.29, 0.717) is 37.0 Å². The highest BCUT2D eigenvalue weighted by Gasteiger charge is 2.32. The highest BCUT2D eigenvalue weighted by Crippen LogP contribution is 2.27. The first-order valence-corrected chi connectivity index (χ1v) is 8.95. The van der Waals surface area contributed by atoms with E-state index in [4.69, 9.17) is 9.15 Å². The Morgan fingerprint density at radius 2 is 2.33 bits per heavy atom. The molecule has 24 heavy (non-hydrogen) atoms. The molecule has 3 rings (SSSR count). The summed E-state index contributed by atoms with van der Waals surface area (Å²) < 4.78 is 10.7. The van der Waals surface area contributed by atoms with Crippen LogP contribution in [0.3, 0.4) is 0 Å². The molecule has 1 unspecified atom stereocenters. The predicted octanol–water partition coefficient (Wildman–Crippen LogP) is 3.13. The van der Waals surface area contributed by atoms with Gasteiger partial charge < -0.3 is 14.1 Å². The predicted molar refractivity (Wildman–Crippen MR) is 89.8 cm³/mol. The van der Waals surface area contributed by atoms with E-state index in [9.17, 15) is 9.59 Å². The monoisotopic (exact) mass is 348 g/mol. The lowest BCUT2D eigenvalue weighted by atomic mass is 9.98. The van der Waals surface area contributed by atoms with E-state index in [0.717, 1.165) is 17.7 Å². The summed E-state index contributed by atoms with van der Waals surface area (Å²) >= 11 is 1.51. The number of aromatic nitrogens is 1. The molecule has 1 aliphatic heterocycles. The number of thiophene rings is 1. The molecule has 2 aromatic rings. The molecule has 1 atom stereocenters. The van der Waals surface area contributed by atoms with Gasteiger partial charge >= 0.3 is 5.97 Å². The molecule has 0 aliphatic carbocycles. The lowest BCUT2D eigenvalue weighted by molar-refractivity contribution is -0.149. The maximum atomic E-state index is 12.8. The second-order valence-electron chi connectivity index (χ2n) is 5.74. The number of amides is 1. The fraction of sp³-hybridized carbons (Fsp3) is 0.471. The summed E-state index contributed by atoms with van der Waals surface area (Å²) in [5.41, 5.74) is 0.322.